The zero-order chi connectivity index (χ0) is 9.84. The molecule has 0 bridgehead atoms. The summed E-state index contributed by atoms with van der Waals surface area (Å²) in [4.78, 5) is 2.59. The van der Waals surface area contributed by atoms with Gasteiger partial charge in [0, 0.05) is 19.1 Å². The van der Waals surface area contributed by atoms with Crippen LogP contribution in [-0.2, 0) is 0 Å². The van der Waals surface area contributed by atoms with E-state index in [1.807, 2.05) is 0 Å². The Balaban J connectivity index is 2.30. The van der Waals surface area contributed by atoms with Gasteiger partial charge in [-0.05, 0) is 31.8 Å². The lowest BCUT2D eigenvalue weighted by Crippen LogP contribution is -2.41. The first-order valence-electron chi connectivity index (χ1n) is 5.53. The van der Waals surface area contributed by atoms with Gasteiger partial charge in [-0.3, -0.25) is 0 Å². The number of nitrogens with zero attached hydrogens (tertiary/aromatic N) is 1. The van der Waals surface area contributed by atoms with Crippen LogP contribution in [0.2, 0.25) is 0 Å². The van der Waals surface area contributed by atoms with E-state index in [0.29, 0.717) is 6.04 Å². The van der Waals surface area contributed by atoms with Crippen LogP contribution in [0.5, 0.6) is 0 Å². The first-order valence-corrected chi connectivity index (χ1v) is 5.53. The summed E-state index contributed by atoms with van der Waals surface area (Å²) in [7, 11) is 2.07. The predicted molar refractivity (Wildman–Crippen MR) is 57.9 cm³/mol. The Morgan fingerprint density at radius 2 is 2.15 bits per heavy atom. The van der Waals surface area contributed by atoms with Crippen molar-refractivity contribution in [2.75, 3.05) is 26.7 Å². The highest BCUT2D eigenvalue weighted by Gasteiger charge is 2.22. The van der Waals surface area contributed by atoms with Crippen molar-refractivity contribution in [1.82, 2.24) is 10.2 Å². The van der Waals surface area contributed by atoms with E-state index in [1.165, 1.54) is 26.1 Å². The molecule has 0 spiro atoms. The first kappa shape index (κ1) is 11.0. The molecule has 1 saturated heterocycles. The summed E-state index contributed by atoms with van der Waals surface area (Å²) < 4.78 is 0. The molecule has 0 saturated carbocycles. The molecule has 0 aliphatic carbocycles. The van der Waals surface area contributed by atoms with E-state index in [1.54, 1.807) is 0 Å². The van der Waals surface area contributed by atoms with Gasteiger partial charge in [0.2, 0.25) is 0 Å². The van der Waals surface area contributed by atoms with Gasteiger partial charge in [0.15, 0.2) is 0 Å². The van der Waals surface area contributed by atoms with Crippen LogP contribution < -0.4 is 5.32 Å². The predicted octanol–water partition coefficient (Wildman–Crippen LogP) is 1.57. The van der Waals surface area contributed by atoms with Crippen LogP contribution in [0, 0.1) is 11.8 Å². The van der Waals surface area contributed by atoms with Gasteiger partial charge in [0.1, 0.15) is 0 Å². The molecule has 2 unspecified atom stereocenters. The van der Waals surface area contributed by atoms with Gasteiger partial charge in [-0.1, -0.05) is 20.8 Å². The van der Waals surface area contributed by atoms with Crippen LogP contribution in [0.15, 0.2) is 0 Å². The van der Waals surface area contributed by atoms with E-state index in [0.717, 1.165) is 11.8 Å². The van der Waals surface area contributed by atoms with Crippen molar-refractivity contribution < 1.29 is 0 Å². The molecule has 2 nitrogen and oxygen atoms in total. The quantitative estimate of drug-likeness (QED) is 0.713. The third kappa shape index (κ3) is 3.28. The summed E-state index contributed by atoms with van der Waals surface area (Å²) in [6.07, 6.45) is 1.38. The van der Waals surface area contributed by atoms with Crippen molar-refractivity contribution in [3.63, 3.8) is 0 Å². The highest BCUT2D eigenvalue weighted by Crippen LogP contribution is 2.16. The Labute approximate surface area is 82.7 Å². The number of likely N-dealkylation sites (N-methyl/N-ethyl adjacent to an activating group) is 1. The van der Waals surface area contributed by atoms with Gasteiger partial charge in [-0.15, -0.1) is 0 Å². The maximum absolute atomic E-state index is 3.40. The van der Waals surface area contributed by atoms with Gasteiger partial charge in [0.25, 0.3) is 0 Å². The zero-order valence-corrected chi connectivity index (χ0v) is 9.51. The molecule has 0 aromatic carbocycles. The van der Waals surface area contributed by atoms with Crippen LogP contribution >= 0.6 is 0 Å². The molecule has 1 aliphatic rings. The van der Waals surface area contributed by atoms with E-state index in [4.69, 9.17) is 0 Å². The van der Waals surface area contributed by atoms with E-state index in [9.17, 15) is 0 Å². The SMILES string of the molecule is CNC(CN1CCC(C)C1)C(C)C. The van der Waals surface area contributed by atoms with E-state index >= 15 is 0 Å². The largest absolute Gasteiger partial charge is 0.315 e. The van der Waals surface area contributed by atoms with E-state index in [2.05, 4.69) is 38.0 Å². The lowest BCUT2D eigenvalue weighted by Gasteiger charge is -2.26. The lowest BCUT2D eigenvalue weighted by molar-refractivity contribution is 0.257. The third-order valence-electron chi connectivity index (χ3n) is 3.14. The second-order valence-corrected chi connectivity index (χ2v) is 4.79. The Morgan fingerprint density at radius 3 is 2.54 bits per heavy atom. The number of nitrogens with one attached hydrogen (secondary N) is 1. The molecule has 1 heterocycles. The summed E-state index contributed by atoms with van der Waals surface area (Å²) in [6.45, 7) is 10.8. The number of hydrogen-bond donors (Lipinski definition) is 1. The molecular weight excluding hydrogens is 160 g/mol. The summed E-state index contributed by atoms with van der Waals surface area (Å²) in [6, 6.07) is 0.658. The molecular formula is C11H24N2. The molecule has 2 atom stereocenters. The Morgan fingerprint density at radius 1 is 1.46 bits per heavy atom. The third-order valence-corrected chi connectivity index (χ3v) is 3.14. The average molecular weight is 184 g/mol. The highest BCUT2D eigenvalue weighted by atomic mass is 15.2. The second kappa shape index (κ2) is 4.97. The number of likely N-dealkylation sites (tertiary alicyclic amines) is 1. The zero-order valence-electron chi connectivity index (χ0n) is 9.51. The van der Waals surface area contributed by atoms with Crippen LogP contribution in [0.25, 0.3) is 0 Å². The van der Waals surface area contributed by atoms with Crippen molar-refractivity contribution in [2.45, 2.75) is 33.2 Å². The molecule has 0 amide bonds. The number of hydrogen-bond acceptors (Lipinski definition) is 2. The minimum atomic E-state index is 0.658. The van der Waals surface area contributed by atoms with Crippen LogP contribution in [-0.4, -0.2) is 37.6 Å². The summed E-state index contributed by atoms with van der Waals surface area (Å²) in [5.74, 6) is 1.64. The van der Waals surface area contributed by atoms with Crippen molar-refractivity contribution in [1.29, 1.82) is 0 Å². The molecule has 1 rings (SSSR count). The maximum atomic E-state index is 3.40. The van der Waals surface area contributed by atoms with E-state index in [-0.39, 0.29) is 0 Å². The molecule has 1 aliphatic heterocycles. The molecule has 1 fully saturated rings. The second-order valence-electron chi connectivity index (χ2n) is 4.79. The van der Waals surface area contributed by atoms with Gasteiger partial charge in [0.05, 0.1) is 0 Å². The monoisotopic (exact) mass is 184 g/mol. The first-order chi connectivity index (χ1) is 6.13. The lowest BCUT2D eigenvalue weighted by atomic mass is 10.0. The van der Waals surface area contributed by atoms with Gasteiger partial charge < -0.3 is 10.2 Å². The minimum Gasteiger partial charge on any atom is -0.315 e. The average Bonchev–Trinajstić information content (AvgIpc) is 2.46. The smallest absolute Gasteiger partial charge is 0.0214 e. The van der Waals surface area contributed by atoms with Crippen molar-refractivity contribution in [3.8, 4) is 0 Å². The van der Waals surface area contributed by atoms with Crippen LogP contribution in [0.3, 0.4) is 0 Å². The Bertz CT molecular complexity index is 145. The highest BCUT2D eigenvalue weighted by molar-refractivity contribution is 4.79. The fourth-order valence-electron chi connectivity index (χ4n) is 2.11. The maximum Gasteiger partial charge on any atom is 0.0214 e. The van der Waals surface area contributed by atoms with Crippen LogP contribution in [0.4, 0.5) is 0 Å². The van der Waals surface area contributed by atoms with Gasteiger partial charge >= 0.3 is 0 Å². The van der Waals surface area contributed by atoms with Crippen molar-refractivity contribution in [3.05, 3.63) is 0 Å². The van der Waals surface area contributed by atoms with Gasteiger partial charge in [-0.25, -0.2) is 0 Å². The summed E-state index contributed by atoms with van der Waals surface area (Å²) >= 11 is 0. The van der Waals surface area contributed by atoms with Crippen molar-refractivity contribution in [2.24, 2.45) is 11.8 Å². The Kier molecular flexibility index (Phi) is 4.20. The fourth-order valence-corrected chi connectivity index (χ4v) is 2.11. The molecule has 0 aromatic heterocycles. The van der Waals surface area contributed by atoms with Crippen molar-refractivity contribution >= 4 is 0 Å². The molecule has 0 radical (unpaired) electrons. The number of rotatable bonds is 4. The molecule has 2 heteroatoms. The standard InChI is InChI=1S/C11H24N2/c1-9(2)11(12-4)8-13-6-5-10(3)7-13/h9-12H,5-8H2,1-4H3. The molecule has 13 heavy (non-hydrogen) atoms. The van der Waals surface area contributed by atoms with E-state index < -0.39 is 0 Å². The fraction of sp³-hybridized carbons (Fsp3) is 1.00. The van der Waals surface area contributed by atoms with Crippen LogP contribution in [0.1, 0.15) is 27.2 Å². The summed E-state index contributed by atoms with van der Waals surface area (Å²) in [5, 5.41) is 3.40. The summed E-state index contributed by atoms with van der Waals surface area (Å²) in [5.41, 5.74) is 0. The minimum absolute atomic E-state index is 0.658. The Hall–Kier alpha value is -0.0800. The molecule has 78 valence electrons. The molecule has 0 aromatic rings. The topological polar surface area (TPSA) is 15.3 Å². The molecule has 1 N–H and O–H groups in total. The normalized spacial score (nSPS) is 27.0. The van der Waals surface area contributed by atoms with Gasteiger partial charge in [-0.2, -0.15) is 0 Å².